The molecule has 1 atom stereocenters. The number of β-amino-alcohol motifs (C(OH)–C–C–N with tert-alkyl or cyclic N) is 2. The summed E-state index contributed by atoms with van der Waals surface area (Å²) in [6, 6.07) is 0. The predicted octanol–water partition coefficient (Wildman–Crippen LogP) is -0.558. The van der Waals surface area contributed by atoms with Crippen LogP contribution in [0.2, 0.25) is 0 Å². The molecule has 192 valence electrons. The Morgan fingerprint density at radius 3 is 2.24 bits per heavy atom. The fourth-order valence-electron chi connectivity index (χ4n) is 4.18. The van der Waals surface area contributed by atoms with Crippen molar-refractivity contribution in [1.82, 2.24) is 4.90 Å². The van der Waals surface area contributed by atoms with Crippen molar-refractivity contribution in [1.29, 1.82) is 0 Å². The molecule has 1 aliphatic rings. The fraction of sp³-hybridized carbons (Fsp3) is 0.833. The third kappa shape index (κ3) is 15.7. The summed E-state index contributed by atoms with van der Waals surface area (Å²) in [5.74, 6) is -0.535. The van der Waals surface area contributed by atoms with E-state index >= 15 is 0 Å². The van der Waals surface area contributed by atoms with Gasteiger partial charge in [0, 0.05) is 6.42 Å². The quantitative estimate of drug-likeness (QED) is 0.0739. The van der Waals surface area contributed by atoms with E-state index in [1.165, 1.54) is 32.1 Å². The molecule has 0 spiro atoms. The second-order valence-corrected chi connectivity index (χ2v) is 10.4. The summed E-state index contributed by atoms with van der Waals surface area (Å²) in [6.07, 6.45) is 16.2. The molecule has 1 heterocycles. The van der Waals surface area contributed by atoms with E-state index in [0.717, 1.165) is 38.5 Å². The first-order chi connectivity index (χ1) is 15.8. The Hall–Kier alpha value is -0.290. The standard InChI is InChI=1S/C24H44N2O6S.Na/c1-2-3-4-5-6-7-8-9-10-11-12-13-14-15-23(29)24-25(18-19-27)16-17-26(24)20-22(28)21-33(30,31)32;/h8-9,22,27-28H,2-7,10-21H2,1H3;/q;+1/b9-8+;. The van der Waals surface area contributed by atoms with Gasteiger partial charge in [0.25, 0.3) is 0 Å². The third-order valence-corrected chi connectivity index (χ3v) is 6.64. The molecule has 0 bridgehead atoms. The van der Waals surface area contributed by atoms with Crippen molar-refractivity contribution in [3.05, 3.63) is 12.2 Å². The smallest absolute Gasteiger partial charge is 0.748 e. The zero-order valence-electron chi connectivity index (χ0n) is 21.3. The Kier molecular flexibility index (Phi) is 19.7. The molecule has 0 fully saturated rings. The molecule has 0 radical (unpaired) electrons. The van der Waals surface area contributed by atoms with Crippen molar-refractivity contribution >= 4 is 21.7 Å². The maximum Gasteiger partial charge on any atom is 1.00 e. The van der Waals surface area contributed by atoms with Crippen molar-refractivity contribution in [2.45, 2.75) is 90.1 Å². The number of aliphatic hydroxyl groups excluding tert-OH is 2. The predicted molar refractivity (Wildman–Crippen MR) is 129 cm³/mol. The molecule has 8 nitrogen and oxygen atoms in total. The molecule has 34 heavy (non-hydrogen) atoms. The number of allylic oxidation sites excluding steroid dienone is 2. The summed E-state index contributed by atoms with van der Waals surface area (Å²) in [5, 5.41) is 19.2. The van der Waals surface area contributed by atoms with Gasteiger partial charge in [0.1, 0.15) is 32.3 Å². The monoisotopic (exact) mass is 511 g/mol. The van der Waals surface area contributed by atoms with Crippen LogP contribution in [-0.2, 0) is 14.9 Å². The van der Waals surface area contributed by atoms with Gasteiger partial charge in [-0.15, -0.1) is 0 Å². The molecule has 0 aromatic carbocycles. The minimum Gasteiger partial charge on any atom is -0.748 e. The number of nitrogens with zero attached hydrogens (tertiary/aromatic N) is 2. The topological polar surface area (TPSA) is 121 Å². The molecular weight excluding hydrogens is 467 g/mol. The van der Waals surface area contributed by atoms with Gasteiger partial charge in [-0.3, -0.25) is 14.3 Å². The van der Waals surface area contributed by atoms with Crippen molar-refractivity contribution < 1.29 is 62.1 Å². The Balaban J connectivity index is 0.0000109. The number of Topliss-reactive ketones (excluding diaryl/α,β-unsaturated/α-hetero) is 1. The number of hydrogen-bond donors (Lipinski definition) is 2. The number of aliphatic hydroxyl groups is 2. The van der Waals surface area contributed by atoms with Crippen LogP contribution in [0.1, 0.15) is 84.0 Å². The van der Waals surface area contributed by atoms with E-state index < -0.39 is 22.0 Å². The van der Waals surface area contributed by atoms with E-state index in [2.05, 4.69) is 19.1 Å². The first-order valence-corrected chi connectivity index (χ1v) is 14.1. The summed E-state index contributed by atoms with van der Waals surface area (Å²) in [5.41, 5.74) is 0. The summed E-state index contributed by atoms with van der Waals surface area (Å²) < 4.78 is 34.3. The Morgan fingerprint density at radius 1 is 1.09 bits per heavy atom. The van der Waals surface area contributed by atoms with Gasteiger partial charge in [-0.2, -0.15) is 0 Å². The van der Waals surface area contributed by atoms with E-state index in [4.69, 9.17) is 0 Å². The molecule has 0 amide bonds. The second kappa shape index (κ2) is 19.8. The minimum absolute atomic E-state index is 0. The Morgan fingerprint density at radius 2 is 1.68 bits per heavy atom. The second-order valence-electron chi connectivity index (χ2n) is 8.91. The van der Waals surface area contributed by atoms with Crippen LogP contribution in [-0.4, -0.2) is 88.9 Å². The van der Waals surface area contributed by atoms with Gasteiger partial charge in [0.2, 0.25) is 5.78 Å². The summed E-state index contributed by atoms with van der Waals surface area (Å²) in [7, 11) is -4.54. The van der Waals surface area contributed by atoms with Crippen LogP contribution in [0.15, 0.2) is 12.2 Å². The van der Waals surface area contributed by atoms with Crippen molar-refractivity contribution in [2.24, 2.45) is 0 Å². The van der Waals surface area contributed by atoms with Crippen LogP contribution in [0.4, 0.5) is 0 Å². The number of carbonyl (C=O) groups excluding carboxylic acids is 1. The van der Waals surface area contributed by atoms with Crippen LogP contribution in [0.5, 0.6) is 0 Å². The molecule has 0 saturated heterocycles. The SMILES string of the molecule is CCCCCCC/C=C/CCCCCCC(=O)C1=[N+](CC(O)CS(=O)(=O)[O-])CCN1CCO.[Na+]. The molecule has 0 aromatic heterocycles. The van der Waals surface area contributed by atoms with Gasteiger partial charge in [-0.05, 0) is 32.1 Å². The van der Waals surface area contributed by atoms with Crippen molar-refractivity contribution in [2.75, 3.05) is 38.5 Å². The van der Waals surface area contributed by atoms with Gasteiger partial charge >= 0.3 is 35.4 Å². The molecule has 2 N–H and O–H groups in total. The first kappa shape index (κ1) is 33.7. The normalized spacial score (nSPS) is 15.2. The maximum absolute atomic E-state index is 12.8. The number of hydrogen-bond acceptors (Lipinski definition) is 7. The zero-order valence-corrected chi connectivity index (χ0v) is 24.1. The third-order valence-electron chi connectivity index (χ3n) is 5.85. The maximum atomic E-state index is 12.8. The van der Waals surface area contributed by atoms with E-state index in [1.807, 2.05) is 0 Å². The van der Waals surface area contributed by atoms with Gasteiger partial charge in [-0.25, -0.2) is 8.42 Å². The minimum atomic E-state index is -4.54. The molecule has 10 heteroatoms. The van der Waals surface area contributed by atoms with Gasteiger partial charge in [0.05, 0.1) is 22.5 Å². The molecule has 1 rings (SSSR count). The zero-order chi connectivity index (χ0) is 24.5. The van der Waals surface area contributed by atoms with Crippen molar-refractivity contribution in [3.63, 3.8) is 0 Å². The van der Waals surface area contributed by atoms with Crippen LogP contribution in [0.25, 0.3) is 0 Å². The molecule has 0 aliphatic carbocycles. The molecule has 1 unspecified atom stereocenters. The van der Waals surface area contributed by atoms with E-state index in [0.29, 0.717) is 31.9 Å². The van der Waals surface area contributed by atoms with Crippen LogP contribution < -0.4 is 29.6 Å². The van der Waals surface area contributed by atoms with Crippen LogP contribution in [0, 0.1) is 0 Å². The van der Waals surface area contributed by atoms with Gasteiger partial charge in [-0.1, -0.05) is 57.6 Å². The van der Waals surface area contributed by atoms with Crippen molar-refractivity contribution in [3.8, 4) is 0 Å². The van der Waals surface area contributed by atoms with E-state index in [-0.39, 0.29) is 48.5 Å². The van der Waals surface area contributed by atoms with Gasteiger partial charge < -0.3 is 14.8 Å². The average molecular weight is 512 g/mol. The first-order valence-electron chi connectivity index (χ1n) is 12.6. The average Bonchev–Trinajstić information content (AvgIpc) is 3.12. The molecule has 1 aliphatic heterocycles. The summed E-state index contributed by atoms with van der Waals surface area (Å²) >= 11 is 0. The number of rotatable bonds is 20. The Bertz CT molecular complexity index is 727. The summed E-state index contributed by atoms with van der Waals surface area (Å²) in [4.78, 5) is 14.6. The number of unbranched alkanes of at least 4 members (excludes halogenated alkanes) is 9. The Labute approximate surface area is 228 Å². The number of carbonyl (C=O) groups is 1. The number of amidine groups is 1. The van der Waals surface area contributed by atoms with Crippen LogP contribution >= 0.6 is 0 Å². The molecular formula is C24H44N2NaO6S+. The number of ketones is 1. The van der Waals surface area contributed by atoms with Gasteiger partial charge in [0.15, 0.2) is 0 Å². The largest absolute Gasteiger partial charge is 1.00 e. The van der Waals surface area contributed by atoms with E-state index in [1.54, 1.807) is 9.48 Å². The fourth-order valence-corrected chi connectivity index (χ4v) is 4.76. The summed E-state index contributed by atoms with van der Waals surface area (Å²) in [6.45, 7) is 3.30. The molecule has 0 saturated carbocycles. The van der Waals surface area contributed by atoms with E-state index in [9.17, 15) is 28.0 Å². The van der Waals surface area contributed by atoms with Crippen LogP contribution in [0.3, 0.4) is 0 Å². The molecule has 0 aromatic rings.